The Morgan fingerprint density at radius 2 is 2.00 bits per heavy atom. The zero-order valence-electron chi connectivity index (χ0n) is 16.5. The van der Waals surface area contributed by atoms with Crippen LogP contribution in [-0.2, 0) is 16.1 Å². The zero-order chi connectivity index (χ0) is 20.8. The first-order valence-corrected chi connectivity index (χ1v) is 10.3. The van der Waals surface area contributed by atoms with E-state index in [4.69, 9.17) is 0 Å². The Morgan fingerprint density at radius 3 is 2.66 bits per heavy atom. The van der Waals surface area contributed by atoms with E-state index in [9.17, 15) is 14.4 Å². The average Bonchev–Trinajstić information content (AvgIpc) is 3.30. The van der Waals surface area contributed by atoms with E-state index in [1.807, 2.05) is 35.0 Å². The van der Waals surface area contributed by atoms with Crippen LogP contribution < -0.4 is 5.32 Å². The van der Waals surface area contributed by atoms with Crippen molar-refractivity contribution in [2.45, 2.75) is 32.7 Å². The molecule has 0 unspecified atom stereocenters. The first-order valence-electron chi connectivity index (χ1n) is 9.52. The maximum atomic E-state index is 12.5. The van der Waals surface area contributed by atoms with Crippen molar-refractivity contribution in [2.24, 2.45) is 0 Å². The molecule has 2 aromatic rings. The normalized spacial score (nSPS) is 15.6. The number of rotatable bonds is 8. The van der Waals surface area contributed by atoms with Gasteiger partial charge in [0.2, 0.25) is 5.91 Å². The molecule has 0 spiro atoms. The molecule has 3 rings (SSSR count). The number of thioether (sulfide) groups is 1. The second-order valence-electron chi connectivity index (χ2n) is 7.09. The van der Waals surface area contributed by atoms with Crippen LogP contribution in [0.1, 0.15) is 37.3 Å². The molecule has 0 atom stereocenters. The molecule has 1 aromatic heterocycles. The molecule has 0 saturated carbocycles. The fraction of sp³-hybridized carbons (Fsp3) is 0.333. The van der Waals surface area contributed by atoms with Gasteiger partial charge in [0.05, 0.1) is 11.2 Å². The van der Waals surface area contributed by atoms with Crippen LogP contribution in [0.2, 0.25) is 0 Å². The molecule has 1 fully saturated rings. The average molecular weight is 413 g/mol. The highest BCUT2D eigenvalue weighted by Gasteiger charge is 2.36. The predicted molar refractivity (Wildman–Crippen MR) is 113 cm³/mol. The lowest BCUT2D eigenvalue weighted by Gasteiger charge is -2.12. The number of carbonyl (C=O) groups excluding carboxylic acids is 3. The Labute approximate surface area is 174 Å². The van der Waals surface area contributed by atoms with E-state index in [0.29, 0.717) is 17.4 Å². The van der Waals surface area contributed by atoms with E-state index in [2.05, 4.69) is 24.1 Å². The molecule has 1 aliphatic rings. The van der Waals surface area contributed by atoms with E-state index >= 15 is 0 Å². The Bertz CT molecular complexity index is 905. The third-order valence-corrected chi connectivity index (χ3v) is 5.46. The van der Waals surface area contributed by atoms with Crippen LogP contribution in [0.4, 0.5) is 4.79 Å². The molecule has 8 heteroatoms. The highest BCUT2D eigenvalue weighted by Crippen LogP contribution is 2.32. The summed E-state index contributed by atoms with van der Waals surface area (Å²) in [5.41, 5.74) is 2.06. The van der Waals surface area contributed by atoms with Crippen LogP contribution in [0, 0.1) is 0 Å². The van der Waals surface area contributed by atoms with Crippen molar-refractivity contribution in [3.63, 3.8) is 0 Å². The number of amides is 3. The maximum Gasteiger partial charge on any atom is 0.294 e. The number of benzene rings is 1. The first-order chi connectivity index (χ1) is 13.9. The smallest absolute Gasteiger partial charge is 0.294 e. The van der Waals surface area contributed by atoms with Crippen molar-refractivity contribution in [2.75, 3.05) is 13.1 Å². The maximum absolute atomic E-state index is 12.5. The summed E-state index contributed by atoms with van der Waals surface area (Å²) in [6.07, 6.45) is 7.69. The molecular formula is C21H24N4O3S. The van der Waals surface area contributed by atoms with Gasteiger partial charge in [0.1, 0.15) is 6.54 Å². The monoisotopic (exact) mass is 412 g/mol. The molecule has 1 aliphatic heterocycles. The van der Waals surface area contributed by atoms with Crippen molar-refractivity contribution in [3.05, 3.63) is 59.0 Å². The van der Waals surface area contributed by atoms with Gasteiger partial charge < -0.3 is 9.88 Å². The van der Waals surface area contributed by atoms with E-state index in [0.717, 1.165) is 35.2 Å². The van der Waals surface area contributed by atoms with Gasteiger partial charge in [-0.05, 0) is 41.3 Å². The Hall–Kier alpha value is -2.87. The van der Waals surface area contributed by atoms with Gasteiger partial charge in [0.25, 0.3) is 11.1 Å². The molecule has 0 bridgehead atoms. The minimum atomic E-state index is -0.429. The SMILES string of the molecule is CC(C)c1ccc(C=C2SC(=O)N(CC(=O)NCCCn3ccnc3)C2=O)cc1. The fourth-order valence-electron chi connectivity index (χ4n) is 2.87. The van der Waals surface area contributed by atoms with Gasteiger partial charge in [-0.3, -0.25) is 19.3 Å². The van der Waals surface area contributed by atoms with Gasteiger partial charge in [-0.1, -0.05) is 38.1 Å². The van der Waals surface area contributed by atoms with Crippen LogP contribution in [0.5, 0.6) is 0 Å². The van der Waals surface area contributed by atoms with Crippen LogP contribution in [0.3, 0.4) is 0 Å². The number of nitrogens with one attached hydrogen (secondary N) is 1. The molecule has 0 radical (unpaired) electrons. The summed E-state index contributed by atoms with van der Waals surface area (Å²) in [6.45, 7) is 5.16. The van der Waals surface area contributed by atoms with Crippen LogP contribution in [0.25, 0.3) is 6.08 Å². The standard InChI is InChI=1S/C21H24N4O3S/c1-15(2)17-6-4-16(5-7-17)12-18-20(27)25(21(28)29-18)13-19(26)23-8-3-10-24-11-9-22-14-24/h4-7,9,11-12,14-15H,3,8,10,13H2,1-2H3,(H,23,26). The number of nitrogens with zero attached hydrogens (tertiary/aromatic N) is 3. The third kappa shape index (κ3) is 5.57. The Morgan fingerprint density at radius 1 is 1.24 bits per heavy atom. The second-order valence-corrected chi connectivity index (χ2v) is 8.09. The highest BCUT2D eigenvalue weighted by atomic mass is 32.2. The Kier molecular flexibility index (Phi) is 6.87. The topological polar surface area (TPSA) is 84.3 Å². The summed E-state index contributed by atoms with van der Waals surface area (Å²) in [6, 6.07) is 7.88. The summed E-state index contributed by atoms with van der Waals surface area (Å²) in [5.74, 6) is -0.350. The first kappa shape index (κ1) is 20.9. The van der Waals surface area contributed by atoms with Crippen molar-refractivity contribution in [1.82, 2.24) is 19.8 Å². The minimum absolute atomic E-state index is 0.265. The van der Waals surface area contributed by atoms with Gasteiger partial charge in [-0.15, -0.1) is 0 Å². The molecule has 1 N–H and O–H groups in total. The molecular weight excluding hydrogens is 388 g/mol. The summed E-state index contributed by atoms with van der Waals surface area (Å²) < 4.78 is 1.92. The number of imidazole rings is 1. The largest absolute Gasteiger partial charge is 0.354 e. The molecule has 1 saturated heterocycles. The summed E-state index contributed by atoms with van der Waals surface area (Å²) in [5, 5.41) is 2.32. The number of hydrogen-bond donors (Lipinski definition) is 1. The Balaban J connectivity index is 1.52. The number of hydrogen-bond acceptors (Lipinski definition) is 5. The summed E-state index contributed by atoms with van der Waals surface area (Å²) in [4.78, 5) is 42.1. The van der Waals surface area contributed by atoms with E-state index in [1.54, 1.807) is 18.6 Å². The third-order valence-electron chi connectivity index (χ3n) is 4.55. The number of aromatic nitrogens is 2. The molecule has 7 nitrogen and oxygen atoms in total. The van der Waals surface area contributed by atoms with Gasteiger partial charge in [-0.2, -0.15) is 0 Å². The van der Waals surface area contributed by atoms with Crippen LogP contribution >= 0.6 is 11.8 Å². The highest BCUT2D eigenvalue weighted by molar-refractivity contribution is 8.18. The number of aryl methyl sites for hydroxylation is 1. The minimum Gasteiger partial charge on any atom is -0.354 e. The van der Waals surface area contributed by atoms with Crippen molar-refractivity contribution in [1.29, 1.82) is 0 Å². The van der Waals surface area contributed by atoms with E-state index in [-0.39, 0.29) is 12.5 Å². The van der Waals surface area contributed by atoms with E-state index < -0.39 is 11.1 Å². The predicted octanol–water partition coefficient (Wildman–Crippen LogP) is 3.25. The summed E-state index contributed by atoms with van der Waals surface area (Å²) >= 11 is 0.864. The number of imide groups is 1. The van der Waals surface area contributed by atoms with Gasteiger partial charge in [-0.25, -0.2) is 4.98 Å². The van der Waals surface area contributed by atoms with Crippen molar-refractivity contribution >= 4 is 34.9 Å². The molecule has 152 valence electrons. The van der Waals surface area contributed by atoms with Crippen molar-refractivity contribution in [3.8, 4) is 0 Å². The van der Waals surface area contributed by atoms with Crippen molar-refractivity contribution < 1.29 is 14.4 Å². The van der Waals surface area contributed by atoms with Gasteiger partial charge >= 0.3 is 0 Å². The lowest BCUT2D eigenvalue weighted by Crippen LogP contribution is -2.39. The van der Waals surface area contributed by atoms with Gasteiger partial charge in [0, 0.05) is 25.5 Å². The van der Waals surface area contributed by atoms with Crippen LogP contribution in [0.15, 0.2) is 47.9 Å². The quantitative estimate of drug-likeness (QED) is 0.531. The number of carbonyl (C=O) groups is 3. The molecule has 1 aromatic carbocycles. The zero-order valence-corrected chi connectivity index (χ0v) is 17.3. The lowest BCUT2D eigenvalue weighted by atomic mass is 10.0. The van der Waals surface area contributed by atoms with Gasteiger partial charge in [0.15, 0.2) is 0 Å². The second kappa shape index (κ2) is 9.56. The molecule has 3 amide bonds. The lowest BCUT2D eigenvalue weighted by molar-refractivity contribution is -0.129. The molecule has 2 heterocycles. The summed E-state index contributed by atoms with van der Waals surface area (Å²) in [7, 11) is 0. The van der Waals surface area contributed by atoms with Crippen LogP contribution in [-0.4, -0.2) is 44.6 Å². The van der Waals surface area contributed by atoms with E-state index in [1.165, 1.54) is 5.56 Å². The molecule has 29 heavy (non-hydrogen) atoms. The fourth-order valence-corrected chi connectivity index (χ4v) is 3.71. The molecule has 0 aliphatic carbocycles.